The van der Waals surface area contributed by atoms with Crippen LogP contribution < -0.4 is 20.5 Å². The maximum Gasteiger partial charge on any atom is 0.328 e. The maximum absolute atomic E-state index is 12.5. The Morgan fingerprint density at radius 1 is 1.04 bits per heavy atom. The molecular formula is C19H21N3O4. The van der Waals surface area contributed by atoms with Gasteiger partial charge in [0.1, 0.15) is 0 Å². The second kappa shape index (κ2) is 6.95. The van der Waals surface area contributed by atoms with Crippen LogP contribution in [-0.2, 0) is 18.9 Å². The van der Waals surface area contributed by atoms with Crippen molar-refractivity contribution >= 4 is 22.6 Å². The summed E-state index contributed by atoms with van der Waals surface area (Å²) in [5.41, 5.74) is 2.03. The van der Waals surface area contributed by atoms with E-state index in [4.69, 9.17) is 9.47 Å². The Morgan fingerprint density at radius 2 is 1.69 bits per heavy atom. The quantitative estimate of drug-likeness (QED) is 0.762. The SMILES string of the molecule is COc1ccccc1O[C@H](C)C(=O)Nc1ccc2c(c1)n(C)c(=O)n2C. The zero-order valence-electron chi connectivity index (χ0n) is 15.1. The Labute approximate surface area is 150 Å². The number of fused-ring (bicyclic) bond motifs is 1. The van der Waals surface area contributed by atoms with Crippen molar-refractivity contribution in [3.8, 4) is 11.5 Å². The van der Waals surface area contributed by atoms with Crippen LogP contribution in [0.2, 0.25) is 0 Å². The molecular weight excluding hydrogens is 334 g/mol. The minimum Gasteiger partial charge on any atom is -0.493 e. The molecule has 0 bridgehead atoms. The molecule has 0 spiro atoms. The van der Waals surface area contributed by atoms with Gasteiger partial charge in [-0.1, -0.05) is 12.1 Å². The van der Waals surface area contributed by atoms with E-state index in [0.717, 1.165) is 11.0 Å². The summed E-state index contributed by atoms with van der Waals surface area (Å²) in [4.78, 5) is 24.5. The summed E-state index contributed by atoms with van der Waals surface area (Å²) >= 11 is 0. The lowest BCUT2D eigenvalue weighted by molar-refractivity contribution is -0.122. The van der Waals surface area contributed by atoms with Crippen molar-refractivity contribution in [2.45, 2.75) is 13.0 Å². The zero-order chi connectivity index (χ0) is 18.8. The Bertz CT molecular complexity index is 1020. The third-order valence-corrected chi connectivity index (χ3v) is 4.28. The standard InChI is InChI=1S/C19H21N3O4/c1-12(26-17-8-6-5-7-16(17)25-4)18(23)20-13-9-10-14-15(11-13)22(3)19(24)21(14)2/h5-12H,1-4H3,(H,20,23)/t12-/m1/s1. The molecule has 1 N–H and O–H groups in total. The zero-order valence-corrected chi connectivity index (χ0v) is 15.1. The molecule has 0 aliphatic heterocycles. The molecule has 1 atom stereocenters. The average molecular weight is 355 g/mol. The molecule has 0 aliphatic rings. The van der Waals surface area contributed by atoms with E-state index in [1.165, 1.54) is 0 Å². The number of anilines is 1. The largest absolute Gasteiger partial charge is 0.493 e. The number of methoxy groups -OCH3 is 1. The van der Waals surface area contributed by atoms with Crippen molar-refractivity contribution in [1.82, 2.24) is 9.13 Å². The lowest BCUT2D eigenvalue weighted by Gasteiger charge is -2.16. The molecule has 0 unspecified atom stereocenters. The second-order valence-electron chi connectivity index (χ2n) is 6.00. The molecule has 0 saturated heterocycles. The molecule has 1 aromatic heterocycles. The van der Waals surface area contributed by atoms with Gasteiger partial charge in [-0.3, -0.25) is 13.9 Å². The summed E-state index contributed by atoms with van der Waals surface area (Å²) in [7, 11) is 4.96. The highest BCUT2D eigenvalue weighted by Gasteiger charge is 2.17. The fourth-order valence-electron chi connectivity index (χ4n) is 2.79. The van der Waals surface area contributed by atoms with Crippen LogP contribution in [0, 0.1) is 0 Å². The highest BCUT2D eigenvalue weighted by atomic mass is 16.5. The number of hydrogen-bond donors (Lipinski definition) is 1. The van der Waals surface area contributed by atoms with Crippen LogP contribution in [-0.4, -0.2) is 28.3 Å². The molecule has 7 heteroatoms. The van der Waals surface area contributed by atoms with Gasteiger partial charge in [0, 0.05) is 19.8 Å². The van der Waals surface area contributed by atoms with Crippen molar-refractivity contribution in [2.75, 3.05) is 12.4 Å². The number of amides is 1. The monoisotopic (exact) mass is 355 g/mol. The number of aryl methyl sites for hydroxylation is 2. The maximum atomic E-state index is 12.5. The first-order valence-corrected chi connectivity index (χ1v) is 8.18. The van der Waals surface area contributed by atoms with E-state index < -0.39 is 6.10 Å². The van der Waals surface area contributed by atoms with Crippen LogP contribution in [0.3, 0.4) is 0 Å². The van der Waals surface area contributed by atoms with Crippen molar-refractivity contribution in [3.05, 3.63) is 52.9 Å². The smallest absolute Gasteiger partial charge is 0.328 e. The average Bonchev–Trinajstić information content (AvgIpc) is 2.86. The topological polar surface area (TPSA) is 74.5 Å². The molecule has 26 heavy (non-hydrogen) atoms. The fourth-order valence-corrected chi connectivity index (χ4v) is 2.79. The number of hydrogen-bond acceptors (Lipinski definition) is 4. The molecule has 0 saturated carbocycles. The molecule has 0 fully saturated rings. The van der Waals surface area contributed by atoms with E-state index in [1.54, 1.807) is 67.6 Å². The van der Waals surface area contributed by atoms with Crippen LogP contribution in [0.1, 0.15) is 6.92 Å². The number of nitrogens with one attached hydrogen (secondary N) is 1. The summed E-state index contributed by atoms with van der Waals surface area (Å²) in [6.07, 6.45) is -0.721. The molecule has 3 aromatic rings. The molecule has 1 heterocycles. The molecule has 0 aliphatic carbocycles. The van der Waals surface area contributed by atoms with Crippen molar-refractivity contribution in [3.63, 3.8) is 0 Å². The van der Waals surface area contributed by atoms with Gasteiger partial charge in [0.05, 0.1) is 18.1 Å². The van der Waals surface area contributed by atoms with Gasteiger partial charge in [-0.25, -0.2) is 4.79 Å². The lowest BCUT2D eigenvalue weighted by atomic mass is 10.2. The van der Waals surface area contributed by atoms with Crippen LogP contribution in [0.4, 0.5) is 5.69 Å². The van der Waals surface area contributed by atoms with E-state index in [-0.39, 0.29) is 11.6 Å². The fraction of sp³-hybridized carbons (Fsp3) is 0.263. The van der Waals surface area contributed by atoms with Gasteiger partial charge >= 0.3 is 5.69 Å². The number of para-hydroxylation sites is 2. The molecule has 0 radical (unpaired) electrons. The number of aromatic nitrogens is 2. The number of imidazole rings is 1. The van der Waals surface area contributed by atoms with Gasteiger partial charge in [0.15, 0.2) is 17.6 Å². The number of carbonyl (C=O) groups is 1. The van der Waals surface area contributed by atoms with Gasteiger partial charge in [-0.15, -0.1) is 0 Å². The minimum atomic E-state index is -0.721. The van der Waals surface area contributed by atoms with E-state index in [9.17, 15) is 9.59 Å². The first-order valence-electron chi connectivity index (χ1n) is 8.18. The van der Waals surface area contributed by atoms with Crippen molar-refractivity contribution < 1.29 is 14.3 Å². The molecule has 136 valence electrons. The second-order valence-corrected chi connectivity index (χ2v) is 6.00. The third kappa shape index (κ3) is 3.15. The molecule has 1 amide bonds. The van der Waals surface area contributed by atoms with Crippen LogP contribution in [0.25, 0.3) is 11.0 Å². The number of carbonyl (C=O) groups excluding carboxylic acids is 1. The highest BCUT2D eigenvalue weighted by Crippen LogP contribution is 2.27. The Hall–Kier alpha value is -3.22. The lowest BCUT2D eigenvalue weighted by Crippen LogP contribution is -2.30. The van der Waals surface area contributed by atoms with Gasteiger partial charge in [-0.05, 0) is 37.3 Å². The first kappa shape index (κ1) is 17.6. The normalized spacial score (nSPS) is 12.0. The summed E-state index contributed by atoms with van der Waals surface area (Å²) in [5, 5.41) is 2.82. The highest BCUT2D eigenvalue weighted by molar-refractivity contribution is 5.96. The van der Waals surface area contributed by atoms with Gasteiger partial charge < -0.3 is 14.8 Å². The number of ether oxygens (including phenoxy) is 2. The van der Waals surface area contributed by atoms with E-state index >= 15 is 0 Å². The molecule has 7 nitrogen and oxygen atoms in total. The van der Waals surface area contributed by atoms with Crippen LogP contribution in [0.5, 0.6) is 11.5 Å². The van der Waals surface area contributed by atoms with Crippen molar-refractivity contribution in [1.29, 1.82) is 0 Å². The summed E-state index contributed by atoms with van der Waals surface area (Å²) in [5.74, 6) is 0.766. The predicted octanol–water partition coefficient (Wildman–Crippen LogP) is 2.29. The minimum absolute atomic E-state index is 0.114. The summed E-state index contributed by atoms with van der Waals surface area (Å²) < 4.78 is 14.0. The van der Waals surface area contributed by atoms with Gasteiger partial charge in [0.2, 0.25) is 0 Å². The summed E-state index contributed by atoms with van der Waals surface area (Å²) in [6.45, 7) is 1.67. The Kier molecular flexibility index (Phi) is 4.71. The Morgan fingerprint density at radius 3 is 2.38 bits per heavy atom. The predicted molar refractivity (Wildman–Crippen MR) is 99.9 cm³/mol. The number of nitrogens with zero attached hydrogens (tertiary/aromatic N) is 2. The first-order chi connectivity index (χ1) is 12.4. The van der Waals surface area contributed by atoms with Gasteiger partial charge in [-0.2, -0.15) is 0 Å². The van der Waals surface area contributed by atoms with E-state index in [1.807, 2.05) is 12.1 Å². The summed E-state index contributed by atoms with van der Waals surface area (Å²) in [6, 6.07) is 12.5. The van der Waals surface area contributed by atoms with Crippen LogP contribution >= 0.6 is 0 Å². The molecule has 3 rings (SSSR count). The number of rotatable bonds is 5. The van der Waals surface area contributed by atoms with E-state index in [0.29, 0.717) is 17.2 Å². The van der Waals surface area contributed by atoms with E-state index in [2.05, 4.69) is 5.32 Å². The van der Waals surface area contributed by atoms with Crippen LogP contribution in [0.15, 0.2) is 47.3 Å². The van der Waals surface area contributed by atoms with Crippen molar-refractivity contribution in [2.24, 2.45) is 14.1 Å². The molecule has 2 aromatic carbocycles. The number of benzene rings is 2. The third-order valence-electron chi connectivity index (χ3n) is 4.28. The Balaban J connectivity index is 1.78. The van der Waals surface area contributed by atoms with Gasteiger partial charge in [0.25, 0.3) is 5.91 Å².